The molecule has 82 valence electrons. The van der Waals surface area contributed by atoms with Gasteiger partial charge < -0.3 is 4.90 Å². The molecule has 2 rings (SSSR count). The van der Waals surface area contributed by atoms with Gasteiger partial charge in [-0.15, -0.1) is 0 Å². The largest absolute Gasteiger partial charge is 0.370 e. The SMILES string of the molecule is CC1CCN(c2ccc(Br)cc2Cl)CC1. The summed E-state index contributed by atoms with van der Waals surface area (Å²) in [5.74, 6) is 0.857. The third-order valence-corrected chi connectivity index (χ3v) is 3.83. The molecule has 0 spiro atoms. The Bertz CT molecular complexity index is 345. The molecule has 1 fully saturated rings. The first-order chi connectivity index (χ1) is 7.16. The van der Waals surface area contributed by atoms with E-state index in [1.807, 2.05) is 6.07 Å². The summed E-state index contributed by atoms with van der Waals surface area (Å²) in [5, 5.41) is 0.846. The van der Waals surface area contributed by atoms with Crippen LogP contribution in [0.15, 0.2) is 22.7 Å². The van der Waals surface area contributed by atoms with E-state index in [-0.39, 0.29) is 0 Å². The van der Waals surface area contributed by atoms with E-state index in [1.165, 1.54) is 18.5 Å². The molecule has 1 aliphatic rings. The molecular weight excluding hydrogens is 273 g/mol. The highest BCUT2D eigenvalue weighted by Gasteiger charge is 2.17. The predicted molar refractivity (Wildman–Crippen MR) is 69.8 cm³/mol. The molecule has 1 nitrogen and oxygen atoms in total. The maximum absolute atomic E-state index is 6.23. The summed E-state index contributed by atoms with van der Waals surface area (Å²) in [6.45, 7) is 4.57. The smallest absolute Gasteiger partial charge is 0.0650 e. The van der Waals surface area contributed by atoms with Crippen LogP contribution in [0.4, 0.5) is 5.69 Å². The first kappa shape index (κ1) is 11.3. The van der Waals surface area contributed by atoms with Gasteiger partial charge in [0.25, 0.3) is 0 Å². The van der Waals surface area contributed by atoms with Crippen LogP contribution < -0.4 is 4.90 Å². The molecule has 1 aromatic rings. The van der Waals surface area contributed by atoms with Crippen molar-refractivity contribution in [1.82, 2.24) is 0 Å². The third kappa shape index (κ3) is 2.67. The molecule has 0 aromatic heterocycles. The highest BCUT2D eigenvalue weighted by Crippen LogP contribution is 2.31. The van der Waals surface area contributed by atoms with Crippen molar-refractivity contribution in [2.24, 2.45) is 5.92 Å². The van der Waals surface area contributed by atoms with Crippen LogP contribution in [0.5, 0.6) is 0 Å². The van der Waals surface area contributed by atoms with Crippen LogP contribution in [0.1, 0.15) is 19.8 Å². The quantitative estimate of drug-likeness (QED) is 0.743. The maximum atomic E-state index is 6.23. The van der Waals surface area contributed by atoms with E-state index < -0.39 is 0 Å². The lowest BCUT2D eigenvalue weighted by Crippen LogP contribution is -2.32. The second kappa shape index (κ2) is 4.75. The van der Waals surface area contributed by atoms with Crippen LogP contribution >= 0.6 is 27.5 Å². The maximum Gasteiger partial charge on any atom is 0.0650 e. The first-order valence-corrected chi connectivity index (χ1v) is 6.54. The lowest BCUT2D eigenvalue weighted by Gasteiger charge is -2.32. The van der Waals surface area contributed by atoms with Gasteiger partial charge in [-0.3, -0.25) is 0 Å². The van der Waals surface area contributed by atoms with Gasteiger partial charge in [-0.05, 0) is 37.0 Å². The minimum absolute atomic E-state index is 0.846. The Kier molecular flexibility index (Phi) is 3.57. The topological polar surface area (TPSA) is 3.24 Å². The molecule has 1 saturated heterocycles. The van der Waals surface area contributed by atoms with Gasteiger partial charge in [-0.1, -0.05) is 34.5 Å². The normalized spacial score (nSPS) is 18.2. The first-order valence-electron chi connectivity index (χ1n) is 5.37. The molecule has 0 atom stereocenters. The van der Waals surface area contributed by atoms with E-state index in [0.29, 0.717) is 0 Å². The van der Waals surface area contributed by atoms with E-state index in [9.17, 15) is 0 Å². The molecule has 0 aliphatic carbocycles. The highest BCUT2D eigenvalue weighted by atomic mass is 79.9. The van der Waals surface area contributed by atoms with Gasteiger partial charge in [-0.25, -0.2) is 0 Å². The zero-order chi connectivity index (χ0) is 10.8. The van der Waals surface area contributed by atoms with Crippen LogP contribution in [0.2, 0.25) is 5.02 Å². The van der Waals surface area contributed by atoms with Crippen LogP contribution in [0.25, 0.3) is 0 Å². The second-order valence-electron chi connectivity index (χ2n) is 4.27. The fraction of sp³-hybridized carbons (Fsp3) is 0.500. The molecule has 0 bridgehead atoms. The number of hydrogen-bond donors (Lipinski definition) is 0. The number of halogens is 2. The molecule has 0 radical (unpaired) electrons. The second-order valence-corrected chi connectivity index (χ2v) is 5.59. The average molecular weight is 289 g/mol. The molecule has 0 saturated carbocycles. The molecule has 3 heteroatoms. The van der Waals surface area contributed by atoms with Crippen molar-refractivity contribution in [2.45, 2.75) is 19.8 Å². The number of nitrogens with zero attached hydrogens (tertiary/aromatic N) is 1. The van der Waals surface area contributed by atoms with E-state index in [0.717, 1.165) is 28.5 Å². The molecule has 1 aliphatic heterocycles. The van der Waals surface area contributed by atoms with E-state index >= 15 is 0 Å². The summed E-state index contributed by atoms with van der Waals surface area (Å²) in [5.41, 5.74) is 1.17. The lowest BCUT2D eigenvalue weighted by atomic mass is 9.99. The van der Waals surface area contributed by atoms with Gasteiger partial charge in [0, 0.05) is 17.6 Å². The number of benzene rings is 1. The standard InChI is InChI=1S/C12H15BrClN/c1-9-4-6-15(7-5-9)12-3-2-10(13)8-11(12)14/h2-3,8-9H,4-7H2,1H3. The van der Waals surface area contributed by atoms with Crippen LogP contribution in [-0.4, -0.2) is 13.1 Å². The van der Waals surface area contributed by atoms with Crippen molar-refractivity contribution in [1.29, 1.82) is 0 Å². The van der Waals surface area contributed by atoms with Crippen molar-refractivity contribution >= 4 is 33.2 Å². The van der Waals surface area contributed by atoms with Crippen molar-refractivity contribution in [2.75, 3.05) is 18.0 Å². The summed E-state index contributed by atoms with van der Waals surface area (Å²) in [6, 6.07) is 6.12. The molecule has 0 N–H and O–H groups in total. The number of rotatable bonds is 1. The van der Waals surface area contributed by atoms with Crippen molar-refractivity contribution in [3.8, 4) is 0 Å². The number of hydrogen-bond acceptors (Lipinski definition) is 1. The molecule has 1 aromatic carbocycles. The fourth-order valence-electron chi connectivity index (χ4n) is 1.99. The summed E-state index contributed by atoms with van der Waals surface area (Å²) in [7, 11) is 0. The van der Waals surface area contributed by atoms with Gasteiger partial charge >= 0.3 is 0 Å². The van der Waals surface area contributed by atoms with Gasteiger partial charge in [0.05, 0.1) is 10.7 Å². The van der Waals surface area contributed by atoms with E-state index in [4.69, 9.17) is 11.6 Å². The van der Waals surface area contributed by atoms with Crippen LogP contribution in [0.3, 0.4) is 0 Å². The molecule has 15 heavy (non-hydrogen) atoms. The van der Waals surface area contributed by atoms with Gasteiger partial charge in [0.1, 0.15) is 0 Å². The van der Waals surface area contributed by atoms with E-state index in [2.05, 4.69) is 39.9 Å². The van der Waals surface area contributed by atoms with Crippen LogP contribution in [-0.2, 0) is 0 Å². The van der Waals surface area contributed by atoms with Crippen LogP contribution in [0, 0.1) is 5.92 Å². The number of piperidine rings is 1. The van der Waals surface area contributed by atoms with Gasteiger partial charge in [-0.2, -0.15) is 0 Å². The Morgan fingerprint density at radius 3 is 2.60 bits per heavy atom. The molecule has 1 heterocycles. The Balaban J connectivity index is 2.15. The molecular formula is C12H15BrClN. The Labute approximate surface area is 105 Å². The van der Waals surface area contributed by atoms with Crippen molar-refractivity contribution in [3.05, 3.63) is 27.7 Å². The Hall–Kier alpha value is -0.210. The highest BCUT2D eigenvalue weighted by molar-refractivity contribution is 9.10. The third-order valence-electron chi connectivity index (χ3n) is 3.03. The summed E-state index contributed by atoms with van der Waals surface area (Å²) in [6.07, 6.45) is 2.54. The summed E-state index contributed by atoms with van der Waals surface area (Å²) in [4.78, 5) is 2.38. The van der Waals surface area contributed by atoms with Gasteiger partial charge in [0.2, 0.25) is 0 Å². The molecule has 0 unspecified atom stereocenters. The molecule has 0 amide bonds. The Morgan fingerprint density at radius 1 is 1.33 bits per heavy atom. The minimum Gasteiger partial charge on any atom is -0.370 e. The van der Waals surface area contributed by atoms with Crippen molar-refractivity contribution in [3.63, 3.8) is 0 Å². The predicted octanol–water partition coefficient (Wildman–Crippen LogP) is 4.34. The van der Waals surface area contributed by atoms with E-state index in [1.54, 1.807) is 0 Å². The zero-order valence-corrected chi connectivity index (χ0v) is 11.2. The van der Waals surface area contributed by atoms with Gasteiger partial charge in [0.15, 0.2) is 0 Å². The Morgan fingerprint density at radius 2 is 2.00 bits per heavy atom. The average Bonchev–Trinajstić information content (AvgIpc) is 2.20. The number of anilines is 1. The van der Waals surface area contributed by atoms with Crippen molar-refractivity contribution < 1.29 is 0 Å². The minimum atomic E-state index is 0.846. The lowest BCUT2D eigenvalue weighted by molar-refractivity contribution is 0.438. The zero-order valence-electron chi connectivity index (χ0n) is 8.84. The summed E-state index contributed by atoms with van der Waals surface area (Å²) >= 11 is 9.65. The summed E-state index contributed by atoms with van der Waals surface area (Å²) < 4.78 is 1.04. The fourth-order valence-corrected chi connectivity index (χ4v) is 2.78. The monoisotopic (exact) mass is 287 g/mol.